The fourth-order valence-electron chi connectivity index (χ4n) is 4.54. The molecule has 0 saturated heterocycles. The lowest BCUT2D eigenvalue weighted by Crippen LogP contribution is -2.17. The second-order valence-electron chi connectivity index (χ2n) is 10.1. The quantitative estimate of drug-likeness (QED) is 0.0359. The number of esters is 1. The van der Waals surface area contributed by atoms with Crippen molar-refractivity contribution in [1.82, 2.24) is 9.99 Å². The van der Waals surface area contributed by atoms with Crippen LogP contribution in [0.5, 0.6) is 11.5 Å². The number of ether oxygens (including phenoxy) is 2. The number of hydrazone groups is 1. The van der Waals surface area contributed by atoms with Crippen LogP contribution in [0.2, 0.25) is 0 Å². The zero-order valence-corrected chi connectivity index (χ0v) is 28.1. The summed E-state index contributed by atoms with van der Waals surface area (Å²) in [5.41, 5.74) is 6.43. The Labute approximate surface area is 285 Å². The van der Waals surface area contributed by atoms with Crippen LogP contribution in [0.1, 0.15) is 38.8 Å². The van der Waals surface area contributed by atoms with Gasteiger partial charge in [0.2, 0.25) is 0 Å². The van der Waals surface area contributed by atoms with E-state index in [0.29, 0.717) is 31.6 Å². The smallest absolute Gasteiger partial charge is 0.336 e. The first-order valence-electron chi connectivity index (χ1n) is 14.0. The van der Waals surface area contributed by atoms with Crippen LogP contribution in [0.3, 0.4) is 0 Å². The van der Waals surface area contributed by atoms with Crippen LogP contribution in [0.25, 0.3) is 11.8 Å². The van der Waals surface area contributed by atoms with Gasteiger partial charge < -0.3 is 18.5 Å². The number of non-ortho nitro benzene ring substituents is 1. The van der Waals surface area contributed by atoms with Gasteiger partial charge in [0.15, 0.2) is 11.5 Å². The van der Waals surface area contributed by atoms with E-state index in [4.69, 9.17) is 13.9 Å². The van der Waals surface area contributed by atoms with E-state index in [2.05, 4.69) is 72.9 Å². The van der Waals surface area contributed by atoms with Crippen LogP contribution in [0.4, 0.5) is 5.69 Å². The van der Waals surface area contributed by atoms with Gasteiger partial charge in [0, 0.05) is 45.3 Å². The predicted molar refractivity (Wildman–Crippen MR) is 183 cm³/mol. The fourth-order valence-corrected chi connectivity index (χ4v) is 5.88. The first-order chi connectivity index (χ1) is 22.6. The molecule has 5 rings (SSSR count). The summed E-state index contributed by atoms with van der Waals surface area (Å²) in [7, 11) is 0. The third-order valence-corrected chi connectivity index (χ3v) is 7.78. The number of benzene rings is 3. The Kier molecular flexibility index (Phi) is 10.5. The number of furan rings is 1. The van der Waals surface area contributed by atoms with E-state index < -0.39 is 16.8 Å². The molecule has 0 atom stereocenters. The zero-order chi connectivity index (χ0) is 33.5. The summed E-state index contributed by atoms with van der Waals surface area (Å²) in [6.45, 7) is 4.22. The van der Waals surface area contributed by atoms with Crippen LogP contribution in [0, 0.1) is 24.0 Å². The van der Waals surface area contributed by atoms with Crippen molar-refractivity contribution in [3.8, 4) is 17.2 Å². The lowest BCUT2D eigenvalue weighted by molar-refractivity contribution is -0.384. The van der Waals surface area contributed by atoms with Gasteiger partial charge >= 0.3 is 11.9 Å². The molecular formula is C34H26Br2N4O7. The van der Waals surface area contributed by atoms with Crippen molar-refractivity contribution in [2.75, 3.05) is 0 Å². The molecule has 238 valence electrons. The summed E-state index contributed by atoms with van der Waals surface area (Å²) in [4.78, 5) is 35.8. The highest BCUT2D eigenvalue weighted by Gasteiger charge is 2.15. The number of nitro benzene ring substituents is 1. The third kappa shape index (κ3) is 8.51. The van der Waals surface area contributed by atoms with Crippen molar-refractivity contribution in [3.63, 3.8) is 0 Å². The van der Waals surface area contributed by atoms with Crippen LogP contribution < -0.4 is 14.9 Å². The van der Waals surface area contributed by atoms with Crippen molar-refractivity contribution in [3.05, 3.63) is 144 Å². The molecule has 0 unspecified atom stereocenters. The molecule has 3 aromatic carbocycles. The topological polar surface area (TPSA) is 138 Å². The molecule has 0 spiro atoms. The molecular weight excluding hydrogens is 736 g/mol. The molecule has 11 nitrogen and oxygen atoms in total. The Morgan fingerprint density at radius 3 is 2.47 bits per heavy atom. The van der Waals surface area contributed by atoms with Gasteiger partial charge in [0.05, 0.1) is 15.6 Å². The van der Waals surface area contributed by atoms with Crippen LogP contribution in [-0.4, -0.2) is 27.6 Å². The molecule has 2 heterocycles. The number of hydrogen-bond acceptors (Lipinski definition) is 8. The number of aromatic nitrogens is 1. The first kappa shape index (κ1) is 33.1. The van der Waals surface area contributed by atoms with E-state index >= 15 is 0 Å². The van der Waals surface area contributed by atoms with Crippen molar-refractivity contribution in [2.45, 2.75) is 20.5 Å². The maximum atomic E-state index is 12.7. The normalized spacial score (nSPS) is 11.2. The summed E-state index contributed by atoms with van der Waals surface area (Å²) in [5.74, 6) is -0.0533. The molecule has 0 aliphatic heterocycles. The lowest BCUT2D eigenvalue weighted by atomic mass is 10.2. The highest BCUT2D eigenvalue weighted by atomic mass is 79.9. The Morgan fingerprint density at radius 1 is 1.00 bits per heavy atom. The van der Waals surface area contributed by atoms with Gasteiger partial charge in [-0.15, -0.1) is 0 Å². The molecule has 2 aromatic heterocycles. The van der Waals surface area contributed by atoms with Gasteiger partial charge in [0.1, 0.15) is 18.1 Å². The Balaban J connectivity index is 1.18. The maximum Gasteiger partial charge on any atom is 0.336 e. The Bertz CT molecular complexity index is 1990. The number of nitrogens with one attached hydrogen (secondary N) is 1. The Hall–Kier alpha value is -5.27. The summed E-state index contributed by atoms with van der Waals surface area (Å²) < 4.78 is 20.2. The second kappa shape index (κ2) is 14.9. The van der Waals surface area contributed by atoms with Gasteiger partial charge in [-0.3, -0.25) is 14.9 Å². The minimum Gasteiger partial charge on any atom is -0.486 e. The number of nitro groups is 1. The molecule has 1 N–H and O–H groups in total. The van der Waals surface area contributed by atoms with E-state index in [1.165, 1.54) is 36.6 Å². The molecule has 0 bridgehead atoms. The number of nitrogens with zero attached hydrogens (tertiary/aromatic N) is 3. The minimum atomic E-state index is -0.731. The number of hydrogen-bond donors (Lipinski definition) is 1. The second-order valence-corrected chi connectivity index (χ2v) is 11.9. The third-order valence-electron chi connectivity index (χ3n) is 6.73. The molecule has 0 saturated carbocycles. The monoisotopic (exact) mass is 760 g/mol. The highest BCUT2D eigenvalue weighted by Crippen LogP contribution is 2.32. The van der Waals surface area contributed by atoms with Crippen molar-refractivity contribution < 1.29 is 28.4 Å². The van der Waals surface area contributed by atoms with E-state index in [-0.39, 0.29) is 23.8 Å². The van der Waals surface area contributed by atoms with Crippen LogP contribution in [0.15, 0.2) is 109 Å². The van der Waals surface area contributed by atoms with Crippen molar-refractivity contribution >= 4 is 61.7 Å². The summed E-state index contributed by atoms with van der Waals surface area (Å²) in [5, 5.41) is 15.0. The van der Waals surface area contributed by atoms with E-state index in [9.17, 15) is 19.7 Å². The molecule has 13 heteroatoms. The standard InChI is InChI=1S/C34H26Br2N4O7/c1-21-6-7-22(2)39(21)26-9-11-28(12-10-26)45-20-29-13-14-31(46-29)34(42)38-37-19-24-17-25(35)18-30(36)33(24)47-32(41)15-8-23-4-3-5-27(16-23)40(43)44/h3-19H,20H2,1-2H3,(H,38,42)/b15-8+,37-19-. The summed E-state index contributed by atoms with van der Waals surface area (Å²) >= 11 is 6.76. The predicted octanol–water partition coefficient (Wildman–Crippen LogP) is 8.08. The number of amides is 1. The maximum absolute atomic E-state index is 12.7. The van der Waals surface area contributed by atoms with Gasteiger partial charge in [-0.1, -0.05) is 28.1 Å². The summed E-state index contributed by atoms with van der Waals surface area (Å²) in [6.07, 6.45) is 3.86. The molecule has 5 aromatic rings. The van der Waals surface area contributed by atoms with Gasteiger partial charge in [-0.05, 0) is 102 Å². The lowest BCUT2D eigenvalue weighted by Gasteiger charge is -2.10. The first-order valence-corrected chi connectivity index (χ1v) is 15.6. The number of halogens is 2. The largest absolute Gasteiger partial charge is 0.486 e. The van der Waals surface area contributed by atoms with Crippen molar-refractivity contribution in [2.24, 2.45) is 5.10 Å². The van der Waals surface area contributed by atoms with Crippen LogP contribution >= 0.6 is 31.9 Å². The number of carbonyl (C=O) groups is 2. The summed E-state index contributed by atoms with van der Waals surface area (Å²) in [6, 6.07) is 24.1. The Morgan fingerprint density at radius 2 is 1.74 bits per heavy atom. The van der Waals surface area contributed by atoms with Crippen molar-refractivity contribution in [1.29, 1.82) is 0 Å². The number of aryl methyl sites for hydroxylation is 2. The average molecular weight is 762 g/mol. The number of carbonyl (C=O) groups excluding carboxylic acids is 2. The average Bonchev–Trinajstić information content (AvgIpc) is 3.66. The molecule has 47 heavy (non-hydrogen) atoms. The zero-order valence-electron chi connectivity index (χ0n) is 25.0. The molecule has 0 aliphatic carbocycles. The molecule has 0 fully saturated rings. The SMILES string of the molecule is Cc1ccc(C)n1-c1ccc(OCc2ccc(C(=O)N/N=C\c3cc(Br)cc(Br)c3OC(=O)/C=C/c3cccc([N+](=O)[O-])c3)o2)cc1. The van der Waals surface area contributed by atoms with Gasteiger partial charge in [-0.2, -0.15) is 5.10 Å². The van der Waals surface area contributed by atoms with E-state index in [0.717, 1.165) is 23.2 Å². The van der Waals surface area contributed by atoms with Gasteiger partial charge in [0.25, 0.3) is 5.69 Å². The van der Waals surface area contributed by atoms with E-state index in [1.807, 2.05) is 24.3 Å². The van der Waals surface area contributed by atoms with Crippen LogP contribution in [-0.2, 0) is 11.4 Å². The highest BCUT2D eigenvalue weighted by molar-refractivity contribution is 9.11. The minimum absolute atomic E-state index is 0.0306. The van der Waals surface area contributed by atoms with E-state index in [1.54, 1.807) is 24.3 Å². The number of rotatable bonds is 11. The molecule has 0 aliphatic rings. The van der Waals surface area contributed by atoms with Gasteiger partial charge in [-0.25, -0.2) is 10.2 Å². The molecule has 0 radical (unpaired) electrons. The molecule has 1 amide bonds. The fraction of sp³-hybridized carbons (Fsp3) is 0.0882.